The first kappa shape index (κ1) is 11.0. The van der Waals surface area contributed by atoms with Crippen molar-refractivity contribution in [3.8, 4) is 0 Å². The van der Waals surface area contributed by atoms with Crippen molar-refractivity contribution in [3.05, 3.63) is 29.3 Å². The Morgan fingerprint density at radius 3 is 2.62 bits per heavy atom. The maximum Gasteiger partial charge on any atom is 0.193 e. The Balaban J connectivity index is 2.03. The molecule has 0 heterocycles. The Hall–Kier alpha value is -1.51. The molecular formula is C13H19N3. The van der Waals surface area contributed by atoms with Crippen LogP contribution in [0.25, 0.3) is 0 Å². The average Bonchev–Trinajstić information content (AvgIpc) is 2.88. The van der Waals surface area contributed by atoms with Crippen LogP contribution in [-0.4, -0.2) is 12.0 Å². The van der Waals surface area contributed by atoms with Gasteiger partial charge in [0.2, 0.25) is 0 Å². The van der Waals surface area contributed by atoms with Gasteiger partial charge in [-0.05, 0) is 49.4 Å². The number of guanidine groups is 1. The van der Waals surface area contributed by atoms with E-state index < -0.39 is 0 Å². The third kappa shape index (κ3) is 2.54. The number of hydrogen-bond donors (Lipinski definition) is 2. The molecule has 1 aliphatic carbocycles. The lowest BCUT2D eigenvalue weighted by atomic mass is 10.1. The summed E-state index contributed by atoms with van der Waals surface area (Å²) in [6.07, 6.45) is 1.16. The number of nitrogens with two attached hydrogens (primary N) is 1. The zero-order valence-electron chi connectivity index (χ0n) is 10.1. The van der Waals surface area contributed by atoms with E-state index in [1.54, 1.807) is 0 Å². The predicted octanol–water partition coefficient (Wildman–Crippen LogP) is 2.44. The molecule has 0 radical (unpaired) electrons. The minimum atomic E-state index is 0.430. The van der Waals surface area contributed by atoms with E-state index in [-0.39, 0.29) is 0 Å². The maximum absolute atomic E-state index is 5.84. The number of anilines is 1. The number of aryl methyl sites for hydroxylation is 2. The smallest absolute Gasteiger partial charge is 0.193 e. The van der Waals surface area contributed by atoms with Crippen LogP contribution in [0.15, 0.2) is 23.2 Å². The molecule has 16 heavy (non-hydrogen) atoms. The second kappa shape index (κ2) is 4.16. The van der Waals surface area contributed by atoms with Crippen LogP contribution < -0.4 is 11.1 Å². The number of nitrogens with zero attached hydrogens (tertiary/aromatic N) is 1. The first-order valence-corrected chi connectivity index (χ1v) is 5.74. The zero-order chi connectivity index (χ0) is 11.7. The highest BCUT2D eigenvalue weighted by Crippen LogP contribution is 2.32. The van der Waals surface area contributed by atoms with Crippen LogP contribution in [0.2, 0.25) is 0 Å². The van der Waals surface area contributed by atoms with Gasteiger partial charge in [0.05, 0.1) is 6.04 Å². The van der Waals surface area contributed by atoms with Crippen LogP contribution in [0.3, 0.4) is 0 Å². The molecule has 1 saturated carbocycles. The molecule has 86 valence electrons. The Kier molecular flexibility index (Phi) is 2.86. The predicted molar refractivity (Wildman–Crippen MR) is 68.7 cm³/mol. The summed E-state index contributed by atoms with van der Waals surface area (Å²) >= 11 is 0. The molecule has 0 spiro atoms. The van der Waals surface area contributed by atoms with Crippen molar-refractivity contribution in [1.82, 2.24) is 0 Å². The number of benzene rings is 1. The summed E-state index contributed by atoms with van der Waals surface area (Å²) < 4.78 is 0. The monoisotopic (exact) mass is 217 g/mol. The molecule has 0 aliphatic heterocycles. The van der Waals surface area contributed by atoms with Gasteiger partial charge in [-0.2, -0.15) is 0 Å². The van der Waals surface area contributed by atoms with Gasteiger partial charge in [0.1, 0.15) is 0 Å². The van der Waals surface area contributed by atoms with Gasteiger partial charge in [0.25, 0.3) is 0 Å². The molecule has 2 atom stereocenters. The SMILES string of the molecule is Cc1ccc(NC(N)=NC2CC2C)cc1C. The summed E-state index contributed by atoms with van der Waals surface area (Å²) in [7, 11) is 0. The van der Waals surface area contributed by atoms with E-state index in [1.807, 2.05) is 6.07 Å². The van der Waals surface area contributed by atoms with Crippen molar-refractivity contribution in [1.29, 1.82) is 0 Å². The largest absolute Gasteiger partial charge is 0.370 e. The van der Waals surface area contributed by atoms with E-state index in [0.717, 1.165) is 12.1 Å². The van der Waals surface area contributed by atoms with E-state index >= 15 is 0 Å². The summed E-state index contributed by atoms with van der Waals surface area (Å²) in [5.41, 5.74) is 9.40. The standard InChI is InChI=1S/C13H19N3/c1-8-4-5-11(6-9(8)2)15-13(14)16-12-7-10(12)3/h4-6,10,12H,7H2,1-3H3,(H3,14,15,16). The molecular weight excluding hydrogens is 198 g/mol. The van der Waals surface area contributed by atoms with Crippen molar-refractivity contribution < 1.29 is 0 Å². The van der Waals surface area contributed by atoms with E-state index in [1.165, 1.54) is 11.1 Å². The molecule has 3 N–H and O–H groups in total. The first-order valence-electron chi connectivity index (χ1n) is 5.74. The molecule has 3 nitrogen and oxygen atoms in total. The average molecular weight is 217 g/mol. The second-order valence-electron chi connectivity index (χ2n) is 4.72. The Labute approximate surface area is 96.8 Å². The van der Waals surface area contributed by atoms with Crippen molar-refractivity contribution >= 4 is 11.6 Å². The van der Waals surface area contributed by atoms with E-state index in [9.17, 15) is 0 Å². The van der Waals surface area contributed by atoms with Gasteiger partial charge in [-0.25, -0.2) is 4.99 Å². The Morgan fingerprint density at radius 2 is 2.06 bits per heavy atom. The highest BCUT2D eigenvalue weighted by molar-refractivity contribution is 5.92. The third-order valence-corrected chi connectivity index (χ3v) is 3.15. The number of rotatable bonds is 2. The quantitative estimate of drug-likeness (QED) is 0.590. The fourth-order valence-electron chi connectivity index (χ4n) is 1.66. The van der Waals surface area contributed by atoms with Gasteiger partial charge in [-0.15, -0.1) is 0 Å². The van der Waals surface area contributed by atoms with Gasteiger partial charge >= 0.3 is 0 Å². The molecule has 1 fully saturated rings. The highest BCUT2D eigenvalue weighted by atomic mass is 15.1. The third-order valence-electron chi connectivity index (χ3n) is 3.15. The van der Waals surface area contributed by atoms with Crippen LogP contribution in [-0.2, 0) is 0 Å². The van der Waals surface area contributed by atoms with Gasteiger partial charge < -0.3 is 11.1 Å². The number of nitrogens with one attached hydrogen (secondary N) is 1. The van der Waals surface area contributed by atoms with E-state index in [0.29, 0.717) is 17.9 Å². The molecule has 1 aromatic rings. The second-order valence-corrected chi connectivity index (χ2v) is 4.72. The van der Waals surface area contributed by atoms with Crippen molar-refractivity contribution in [2.75, 3.05) is 5.32 Å². The normalized spacial score (nSPS) is 24.3. The van der Waals surface area contributed by atoms with Crippen LogP contribution in [0.4, 0.5) is 5.69 Å². The summed E-state index contributed by atoms with van der Waals surface area (Å²) in [5.74, 6) is 1.22. The van der Waals surface area contributed by atoms with Crippen LogP contribution in [0.1, 0.15) is 24.5 Å². The van der Waals surface area contributed by atoms with Crippen molar-refractivity contribution in [3.63, 3.8) is 0 Å². The highest BCUT2D eigenvalue weighted by Gasteiger charge is 2.32. The molecule has 0 bridgehead atoms. The lowest BCUT2D eigenvalue weighted by Gasteiger charge is -2.07. The Bertz CT molecular complexity index is 423. The van der Waals surface area contributed by atoms with Crippen LogP contribution in [0, 0.1) is 19.8 Å². The molecule has 1 aliphatic rings. The lowest BCUT2D eigenvalue weighted by Crippen LogP contribution is -2.23. The van der Waals surface area contributed by atoms with Crippen molar-refractivity contribution in [2.24, 2.45) is 16.6 Å². The maximum atomic E-state index is 5.84. The molecule has 0 aromatic heterocycles. The molecule has 2 unspecified atom stereocenters. The zero-order valence-corrected chi connectivity index (χ0v) is 10.1. The molecule has 2 rings (SSSR count). The van der Waals surface area contributed by atoms with Gasteiger partial charge in [0, 0.05) is 5.69 Å². The van der Waals surface area contributed by atoms with Gasteiger partial charge in [0.15, 0.2) is 5.96 Å². The van der Waals surface area contributed by atoms with Gasteiger partial charge in [-0.1, -0.05) is 13.0 Å². The minimum absolute atomic E-state index is 0.430. The summed E-state index contributed by atoms with van der Waals surface area (Å²) in [6, 6.07) is 6.64. The topological polar surface area (TPSA) is 50.4 Å². The number of hydrogen-bond acceptors (Lipinski definition) is 1. The minimum Gasteiger partial charge on any atom is -0.370 e. The van der Waals surface area contributed by atoms with E-state index in [2.05, 4.69) is 43.2 Å². The fourth-order valence-corrected chi connectivity index (χ4v) is 1.66. The lowest BCUT2D eigenvalue weighted by molar-refractivity contribution is 0.893. The summed E-state index contributed by atoms with van der Waals surface area (Å²) in [6.45, 7) is 6.39. The van der Waals surface area contributed by atoms with E-state index in [4.69, 9.17) is 5.73 Å². The van der Waals surface area contributed by atoms with Crippen LogP contribution >= 0.6 is 0 Å². The van der Waals surface area contributed by atoms with Crippen molar-refractivity contribution in [2.45, 2.75) is 33.2 Å². The first-order chi connectivity index (χ1) is 7.56. The number of aliphatic imine (C=N–C) groups is 1. The van der Waals surface area contributed by atoms with Gasteiger partial charge in [-0.3, -0.25) is 0 Å². The molecule has 0 saturated heterocycles. The Morgan fingerprint density at radius 1 is 1.38 bits per heavy atom. The molecule has 0 amide bonds. The molecule has 1 aromatic carbocycles. The summed E-state index contributed by atoms with van der Waals surface area (Å²) in [4.78, 5) is 4.40. The van der Waals surface area contributed by atoms with Crippen LogP contribution in [0.5, 0.6) is 0 Å². The fraction of sp³-hybridized carbons (Fsp3) is 0.462. The molecule has 3 heteroatoms. The summed E-state index contributed by atoms with van der Waals surface area (Å²) in [5, 5.41) is 3.13.